The molecule has 0 radical (unpaired) electrons. The zero-order valence-electron chi connectivity index (χ0n) is 13.0. The van der Waals surface area contributed by atoms with E-state index in [-0.39, 0.29) is 24.2 Å². The average molecular weight is 303 g/mol. The summed E-state index contributed by atoms with van der Waals surface area (Å²) in [5.74, 6) is -0.0276. The highest BCUT2D eigenvalue weighted by Crippen LogP contribution is 2.13. The van der Waals surface area contributed by atoms with E-state index in [9.17, 15) is 9.59 Å². The minimum Gasteiger partial charge on any atom is -0.375 e. The first-order valence-electron chi connectivity index (χ1n) is 7.65. The summed E-state index contributed by atoms with van der Waals surface area (Å²) in [6.45, 7) is 3.89. The van der Waals surface area contributed by atoms with Crippen LogP contribution in [0.1, 0.15) is 13.3 Å². The molecule has 1 aromatic heterocycles. The molecule has 0 aliphatic carbocycles. The van der Waals surface area contributed by atoms with Gasteiger partial charge in [0.15, 0.2) is 0 Å². The van der Waals surface area contributed by atoms with Crippen molar-refractivity contribution in [2.24, 2.45) is 7.05 Å². The van der Waals surface area contributed by atoms with Crippen LogP contribution in [0.4, 0.5) is 0 Å². The maximum Gasteiger partial charge on any atom is 0.329 e. The zero-order chi connectivity index (χ0) is 15.7. The molecular weight excluding hydrogens is 282 g/mol. The summed E-state index contributed by atoms with van der Waals surface area (Å²) in [6.07, 6.45) is 0.986. The summed E-state index contributed by atoms with van der Waals surface area (Å²) < 4.78 is 8.72. The van der Waals surface area contributed by atoms with Gasteiger partial charge in [0.2, 0.25) is 5.91 Å². The van der Waals surface area contributed by atoms with Gasteiger partial charge in [-0.2, -0.15) is 0 Å². The predicted molar refractivity (Wildman–Crippen MR) is 83.8 cm³/mol. The van der Waals surface area contributed by atoms with Crippen LogP contribution < -0.4 is 5.69 Å². The van der Waals surface area contributed by atoms with Gasteiger partial charge in [0, 0.05) is 20.1 Å². The Kier molecular flexibility index (Phi) is 4.02. The lowest BCUT2D eigenvalue weighted by atomic mass is 10.2. The third-order valence-corrected chi connectivity index (χ3v) is 4.29. The van der Waals surface area contributed by atoms with Crippen molar-refractivity contribution >= 4 is 16.9 Å². The molecule has 1 atom stereocenters. The summed E-state index contributed by atoms with van der Waals surface area (Å²) >= 11 is 0. The van der Waals surface area contributed by atoms with Crippen LogP contribution in [-0.4, -0.2) is 45.7 Å². The third-order valence-electron chi connectivity index (χ3n) is 4.29. The van der Waals surface area contributed by atoms with E-state index in [0.29, 0.717) is 19.7 Å². The van der Waals surface area contributed by atoms with Gasteiger partial charge in [0.05, 0.1) is 23.7 Å². The largest absolute Gasteiger partial charge is 0.375 e. The Balaban J connectivity index is 1.86. The van der Waals surface area contributed by atoms with E-state index < -0.39 is 0 Å². The minimum absolute atomic E-state index is 0.0276. The van der Waals surface area contributed by atoms with E-state index in [1.165, 1.54) is 0 Å². The van der Waals surface area contributed by atoms with Gasteiger partial charge in [-0.25, -0.2) is 4.79 Å². The van der Waals surface area contributed by atoms with E-state index in [1.54, 1.807) is 21.1 Å². The van der Waals surface area contributed by atoms with Gasteiger partial charge in [0.1, 0.15) is 6.54 Å². The van der Waals surface area contributed by atoms with Crippen molar-refractivity contribution in [2.45, 2.75) is 26.0 Å². The number of hydrogen-bond donors (Lipinski definition) is 0. The number of para-hydroxylation sites is 2. The van der Waals surface area contributed by atoms with Crippen LogP contribution in [0, 0.1) is 0 Å². The molecule has 6 heteroatoms. The van der Waals surface area contributed by atoms with E-state index in [2.05, 4.69) is 0 Å². The molecule has 1 aromatic carbocycles. The number of fused-ring (bicyclic) bond motifs is 1. The molecule has 2 aromatic rings. The molecule has 0 saturated carbocycles. The normalized spacial score (nSPS) is 18.8. The van der Waals surface area contributed by atoms with Crippen molar-refractivity contribution in [3.05, 3.63) is 34.7 Å². The number of nitrogens with zero attached hydrogens (tertiary/aromatic N) is 3. The van der Waals surface area contributed by atoms with E-state index in [1.807, 2.05) is 31.2 Å². The second kappa shape index (κ2) is 5.96. The van der Waals surface area contributed by atoms with Crippen LogP contribution in [0.5, 0.6) is 0 Å². The number of rotatable bonds is 3. The van der Waals surface area contributed by atoms with Crippen LogP contribution in [0.25, 0.3) is 11.0 Å². The SMILES string of the molecule is CCC1CN(C(=O)Cn2c(=O)n(C)c3ccccc32)CCO1. The highest BCUT2D eigenvalue weighted by Gasteiger charge is 2.24. The van der Waals surface area contributed by atoms with Gasteiger partial charge < -0.3 is 9.64 Å². The van der Waals surface area contributed by atoms with Gasteiger partial charge in [-0.15, -0.1) is 0 Å². The fraction of sp³-hybridized carbons (Fsp3) is 0.500. The molecule has 1 aliphatic rings. The number of aryl methyl sites for hydroxylation is 1. The first-order valence-corrected chi connectivity index (χ1v) is 7.65. The van der Waals surface area contributed by atoms with E-state index in [4.69, 9.17) is 4.74 Å². The van der Waals surface area contributed by atoms with E-state index in [0.717, 1.165) is 17.5 Å². The topological polar surface area (TPSA) is 56.5 Å². The number of carbonyl (C=O) groups is 1. The molecule has 118 valence electrons. The molecule has 0 spiro atoms. The second-order valence-electron chi connectivity index (χ2n) is 5.66. The van der Waals surface area contributed by atoms with Crippen molar-refractivity contribution in [1.29, 1.82) is 0 Å². The Labute approximate surface area is 128 Å². The molecule has 2 heterocycles. The summed E-state index contributed by atoms with van der Waals surface area (Å²) in [6, 6.07) is 7.53. The predicted octanol–water partition coefficient (Wildman–Crippen LogP) is 0.977. The molecule has 1 aliphatic heterocycles. The van der Waals surface area contributed by atoms with Crippen molar-refractivity contribution < 1.29 is 9.53 Å². The van der Waals surface area contributed by atoms with Crippen LogP contribution in [0.3, 0.4) is 0 Å². The lowest BCUT2D eigenvalue weighted by Crippen LogP contribution is -2.47. The molecule has 22 heavy (non-hydrogen) atoms. The maximum absolute atomic E-state index is 12.5. The van der Waals surface area contributed by atoms with Gasteiger partial charge in [-0.1, -0.05) is 19.1 Å². The number of aromatic nitrogens is 2. The molecule has 1 fully saturated rings. The average Bonchev–Trinajstić information content (AvgIpc) is 2.80. The van der Waals surface area contributed by atoms with Crippen LogP contribution in [-0.2, 0) is 23.1 Å². The van der Waals surface area contributed by atoms with Gasteiger partial charge >= 0.3 is 5.69 Å². The Hall–Kier alpha value is -2.08. The summed E-state index contributed by atoms with van der Waals surface area (Å²) in [7, 11) is 1.73. The third kappa shape index (κ3) is 2.54. The lowest BCUT2D eigenvalue weighted by Gasteiger charge is -2.32. The minimum atomic E-state index is -0.158. The van der Waals surface area contributed by atoms with Crippen molar-refractivity contribution in [3.8, 4) is 0 Å². The first kappa shape index (κ1) is 14.8. The molecule has 3 rings (SSSR count). The van der Waals surface area contributed by atoms with Crippen molar-refractivity contribution in [3.63, 3.8) is 0 Å². The first-order chi connectivity index (χ1) is 10.6. The smallest absolute Gasteiger partial charge is 0.329 e. The van der Waals surface area contributed by atoms with E-state index >= 15 is 0 Å². The molecule has 0 N–H and O–H groups in total. The lowest BCUT2D eigenvalue weighted by molar-refractivity contribution is -0.139. The molecular formula is C16H21N3O3. The van der Waals surface area contributed by atoms with Crippen LogP contribution in [0.15, 0.2) is 29.1 Å². The summed E-state index contributed by atoms with van der Waals surface area (Å²) in [5, 5.41) is 0. The van der Waals surface area contributed by atoms with Gasteiger partial charge in [0.25, 0.3) is 0 Å². The number of ether oxygens (including phenoxy) is 1. The summed E-state index contributed by atoms with van der Waals surface area (Å²) in [4.78, 5) is 26.7. The van der Waals surface area contributed by atoms with Crippen molar-refractivity contribution in [1.82, 2.24) is 14.0 Å². The second-order valence-corrected chi connectivity index (χ2v) is 5.66. The standard InChI is InChI=1S/C16H21N3O3/c1-3-12-10-18(8-9-22-12)15(20)11-19-14-7-5-4-6-13(14)17(2)16(19)21/h4-7,12H,3,8-11H2,1-2H3. The summed E-state index contributed by atoms with van der Waals surface area (Å²) in [5.41, 5.74) is 1.48. The maximum atomic E-state index is 12.5. The Morgan fingerprint density at radius 1 is 1.32 bits per heavy atom. The zero-order valence-corrected chi connectivity index (χ0v) is 13.0. The fourth-order valence-corrected chi connectivity index (χ4v) is 2.94. The van der Waals surface area contributed by atoms with Crippen LogP contribution in [0.2, 0.25) is 0 Å². The molecule has 1 amide bonds. The molecule has 1 saturated heterocycles. The Morgan fingerprint density at radius 3 is 2.77 bits per heavy atom. The number of benzene rings is 1. The van der Waals surface area contributed by atoms with Gasteiger partial charge in [-0.05, 0) is 18.6 Å². The molecule has 6 nitrogen and oxygen atoms in total. The van der Waals surface area contributed by atoms with Gasteiger partial charge in [-0.3, -0.25) is 13.9 Å². The van der Waals surface area contributed by atoms with Crippen molar-refractivity contribution in [2.75, 3.05) is 19.7 Å². The highest BCUT2D eigenvalue weighted by atomic mass is 16.5. The monoisotopic (exact) mass is 303 g/mol. The number of carbonyl (C=O) groups excluding carboxylic acids is 1. The quantitative estimate of drug-likeness (QED) is 0.849. The number of amides is 1. The highest BCUT2D eigenvalue weighted by molar-refractivity contribution is 5.81. The number of morpholine rings is 1. The number of imidazole rings is 1. The fourth-order valence-electron chi connectivity index (χ4n) is 2.94. The molecule has 1 unspecified atom stereocenters. The molecule has 0 bridgehead atoms. The number of hydrogen-bond acceptors (Lipinski definition) is 3. The van der Waals surface area contributed by atoms with Crippen LogP contribution >= 0.6 is 0 Å². The Bertz CT molecular complexity index is 747. The Morgan fingerprint density at radius 2 is 2.05 bits per heavy atom.